The van der Waals surface area contributed by atoms with Gasteiger partial charge in [0.05, 0.1) is 29.0 Å². The van der Waals surface area contributed by atoms with Crippen molar-refractivity contribution in [1.82, 2.24) is 25.0 Å². The Morgan fingerprint density at radius 2 is 1.91 bits per heavy atom. The number of hydrogen-bond acceptors (Lipinski definition) is 7. The first-order valence-electron chi connectivity index (χ1n) is 10.2. The maximum absolute atomic E-state index is 13.4. The molecule has 7 nitrogen and oxygen atoms in total. The molecule has 1 fully saturated rings. The second kappa shape index (κ2) is 9.40. The summed E-state index contributed by atoms with van der Waals surface area (Å²) in [5.41, 5.74) is 1.49. The minimum absolute atomic E-state index is 0.0970. The molecule has 1 unspecified atom stereocenters. The van der Waals surface area contributed by atoms with Gasteiger partial charge in [-0.3, -0.25) is 4.57 Å². The summed E-state index contributed by atoms with van der Waals surface area (Å²) >= 11 is 7.67. The van der Waals surface area contributed by atoms with Gasteiger partial charge in [-0.15, -0.1) is 20.4 Å². The number of nitrogens with zero attached hydrogens (tertiary/aromatic N) is 5. The Kier molecular flexibility index (Phi) is 6.20. The summed E-state index contributed by atoms with van der Waals surface area (Å²) in [4.78, 5) is 0. The van der Waals surface area contributed by atoms with Crippen molar-refractivity contribution in [2.24, 2.45) is 0 Å². The molecule has 2 aromatic carbocycles. The van der Waals surface area contributed by atoms with Crippen LogP contribution in [-0.2, 0) is 17.0 Å². The summed E-state index contributed by atoms with van der Waals surface area (Å²) in [5.74, 6) is 1.63. The maximum Gasteiger partial charge on any atom is 0.249 e. The van der Waals surface area contributed by atoms with Gasteiger partial charge in [0.1, 0.15) is 5.82 Å². The predicted molar refractivity (Wildman–Crippen MR) is 119 cm³/mol. The van der Waals surface area contributed by atoms with Crippen LogP contribution in [0.1, 0.15) is 18.7 Å². The van der Waals surface area contributed by atoms with Gasteiger partial charge in [-0.1, -0.05) is 35.5 Å². The molecule has 1 saturated heterocycles. The molecule has 4 aromatic rings. The molecule has 3 heterocycles. The molecule has 1 atom stereocenters. The number of halogens is 2. The second-order valence-electron chi connectivity index (χ2n) is 7.33. The molecular weight excluding hydrogens is 453 g/mol. The lowest BCUT2D eigenvalue weighted by Crippen LogP contribution is -2.16. The Bertz CT molecular complexity index is 1210. The molecule has 0 N–H and O–H groups in total. The largest absolute Gasteiger partial charge is 0.420 e. The number of benzene rings is 2. The van der Waals surface area contributed by atoms with Gasteiger partial charge in [0.25, 0.3) is 0 Å². The minimum Gasteiger partial charge on any atom is -0.420 e. The molecule has 2 aromatic heterocycles. The van der Waals surface area contributed by atoms with Crippen molar-refractivity contribution in [3.63, 3.8) is 0 Å². The van der Waals surface area contributed by atoms with Crippen molar-refractivity contribution in [2.75, 3.05) is 6.61 Å². The van der Waals surface area contributed by atoms with Crippen molar-refractivity contribution >= 4 is 23.4 Å². The number of rotatable bonds is 7. The molecule has 164 valence electrons. The van der Waals surface area contributed by atoms with Crippen molar-refractivity contribution in [3.8, 4) is 22.8 Å². The Morgan fingerprint density at radius 3 is 2.69 bits per heavy atom. The zero-order valence-corrected chi connectivity index (χ0v) is 18.5. The van der Waals surface area contributed by atoms with Gasteiger partial charge in [0, 0.05) is 12.2 Å². The molecule has 0 amide bonds. The summed E-state index contributed by atoms with van der Waals surface area (Å²) in [6.45, 7) is 1.38. The topological polar surface area (TPSA) is 78.9 Å². The molecule has 1 aliphatic rings. The molecule has 10 heteroatoms. The van der Waals surface area contributed by atoms with Gasteiger partial charge < -0.3 is 9.15 Å². The van der Waals surface area contributed by atoms with Gasteiger partial charge in [0.2, 0.25) is 11.8 Å². The monoisotopic (exact) mass is 471 g/mol. The first kappa shape index (κ1) is 21.1. The Labute approximate surface area is 193 Å². The van der Waals surface area contributed by atoms with E-state index in [4.69, 9.17) is 20.8 Å². The molecule has 0 radical (unpaired) electrons. The van der Waals surface area contributed by atoms with Crippen LogP contribution in [0.4, 0.5) is 4.39 Å². The normalized spacial score (nSPS) is 16.0. The smallest absolute Gasteiger partial charge is 0.249 e. The number of hydrogen-bond donors (Lipinski definition) is 0. The van der Waals surface area contributed by atoms with E-state index in [1.54, 1.807) is 18.2 Å². The third-order valence-corrected chi connectivity index (χ3v) is 6.41. The SMILES string of the molecule is Fc1ccc(-c2nnc(SCc3nnc(-c4ccccc4Cl)o3)n2CC2CCCO2)cc1. The highest BCUT2D eigenvalue weighted by Gasteiger charge is 2.22. The Balaban J connectivity index is 1.37. The highest BCUT2D eigenvalue weighted by Crippen LogP contribution is 2.30. The fourth-order valence-corrected chi connectivity index (χ4v) is 4.55. The lowest BCUT2D eigenvalue weighted by atomic mass is 10.2. The van der Waals surface area contributed by atoms with E-state index < -0.39 is 0 Å². The number of ether oxygens (including phenoxy) is 1. The van der Waals surface area contributed by atoms with Crippen LogP contribution in [0.3, 0.4) is 0 Å². The molecule has 32 heavy (non-hydrogen) atoms. The summed E-state index contributed by atoms with van der Waals surface area (Å²) in [6.07, 6.45) is 2.11. The van der Waals surface area contributed by atoms with Crippen molar-refractivity contribution in [2.45, 2.75) is 36.4 Å². The first-order valence-corrected chi connectivity index (χ1v) is 11.5. The van der Waals surface area contributed by atoms with E-state index in [-0.39, 0.29) is 11.9 Å². The molecule has 1 aliphatic heterocycles. The van der Waals surface area contributed by atoms with Crippen LogP contribution in [-0.4, -0.2) is 37.7 Å². The van der Waals surface area contributed by atoms with E-state index >= 15 is 0 Å². The van der Waals surface area contributed by atoms with Crippen LogP contribution in [0.15, 0.2) is 58.1 Å². The molecule has 0 aliphatic carbocycles. The molecule has 0 saturated carbocycles. The third kappa shape index (κ3) is 4.55. The lowest BCUT2D eigenvalue weighted by Gasteiger charge is -2.14. The van der Waals surface area contributed by atoms with E-state index in [9.17, 15) is 4.39 Å². The molecular formula is C22H19ClFN5O2S. The average Bonchev–Trinajstić information content (AvgIpc) is 3.56. The highest BCUT2D eigenvalue weighted by molar-refractivity contribution is 7.98. The quantitative estimate of drug-likeness (QED) is 0.340. The minimum atomic E-state index is -0.292. The standard InChI is InChI=1S/C22H19ClFN5O2S/c23-18-6-2-1-5-17(18)21-27-25-19(31-21)13-32-22-28-26-20(14-7-9-15(24)10-8-14)29(22)12-16-4-3-11-30-16/h1-2,5-10,16H,3-4,11-13H2. The fourth-order valence-electron chi connectivity index (χ4n) is 3.55. The maximum atomic E-state index is 13.4. The molecule has 5 rings (SSSR count). The van der Waals surface area contributed by atoms with E-state index in [0.29, 0.717) is 45.6 Å². The highest BCUT2D eigenvalue weighted by atomic mass is 35.5. The number of thioether (sulfide) groups is 1. The Hall–Kier alpha value is -2.75. The zero-order chi connectivity index (χ0) is 21.9. The lowest BCUT2D eigenvalue weighted by molar-refractivity contribution is 0.0953. The van der Waals surface area contributed by atoms with Crippen LogP contribution < -0.4 is 0 Å². The summed E-state index contributed by atoms with van der Waals surface area (Å²) in [6, 6.07) is 13.6. The summed E-state index contributed by atoms with van der Waals surface area (Å²) in [5, 5.41) is 18.2. The van der Waals surface area contributed by atoms with Crippen LogP contribution in [0, 0.1) is 5.82 Å². The fraction of sp³-hybridized carbons (Fsp3) is 0.273. The Morgan fingerprint density at radius 1 is 1.06 bits per heavy atom. The van der Waals surface area contributed by atoms with Gasteiger partial charge in [-0.25, -0.2) is 4.39 Å². The predicted octanol–water partition coefficient (Wildman–Crippen LogP) is 5.26. The van der Waals surface area contributed by atoms with Crippen LogP contribution in [0.25, 0.3) is 22.8 Å². The van der Waals surface area contributed by atoms with E-state index in [0.717, 1.165) is 25.0 Å². The van der Waals surface area contributed by atoms with Crippen molar-refractivity contribution in [1.29, 1.82) is 0 Å². The van der Waals surface area contributed by atoms with Crippen LogP contribution in [0.5, 0.6) is 0 Å². The van der Waals surface area contributed by atoms with Gasteiger partial charge in [-0.05, 0) is 49.2 Å². The van der Waals surface area contributed by atoms with Crippen LogP contribution >= 0.6 is 23.4 Å². The summed E-state index contributed by atoms with van der Waals surface area (Å²) < 4.78 is 27.0. The van der Waals surface area contributed by atoms with E-state index in [1.165, 1.54) is 23.9 Å². The zero-order valence-electron chi connectivity index (χ0n) is 16.9. The van der Waals surface area contributed by atoms with Gasteiger partial charge in [0.15, 0.2) is 11.0 Å². The van der Waals surface area contributed by atoms with E-state index in [1.807, 2.05) is 22.8 Å². The van der Waals surface area contributed by atoms with Gasteiger partial charge in [-0.2, -0.15) is 0 Å². The summed E-state index contributed by atoms with van der Waals surface area (Å²) in [7, 11) is 0. The second-order valence-corrected chi connectivity index (χ2v) is 8.68. The van der Waals surface area contributed by atoms with Crippen molar-refractivity contribution < 1.29 is 13.5 Å². The van der Waals surface area contributed by atoms with Crippen molar-refractivity contribution in [3.05, 3.63) is 65.3 Å². The molecule has 0 bridgehead atoms. The average molecular weight is 472 g/mol. The van der Waals surface area contributed by atoms with Crippen LogP contribution in [0.2, 0.25) is 5.02 Å². The molecule has 0 spiro atoms. The van der Waals surface area contributed by atoms with E-state index in [2.05, 4.69) is 20.4 Å². The van der Waals surface area contributed by atoms with Gasteiger partial charge >= 0.3 is 0 Å². The first-order chi connectivity index (χ1) is 15.7. The third-order valence-electron chi connectivity index (χ3n) is 5.13. The number of aromatic nitrogens is 5.